The fourth-order valence-corrected chi connectivity index (χ4v) is 3.10. The number of nitrogens with zero attached hydrogens (tertiary/aromatic N) is 2. The zero-order valence-corrected chi connectivity index (χ0v) is 14.7. The Balaban J connectivity index is 1.94. The molecule has 1 amide bonds. The van der Waals surface area contributed by atoms with Gasteiger partial charge in [0, 0.05) is 25.0 Å². The molecule has 1 saturated heterocycles. The number of rotatable bonds is 5. The summed E-state index contributed by atoms with van der Waals surface area (Å²) in [6.45, 7) is 8.46. The van der Waals surface area contributed by atoms with Crippen LogP contribution < -0.4 is 5.32 Å². The first-order chi connectivity index (χ1) is 10.6. The van der Waals surface area contributed by atoms with Gasteiger partial charge in [0.2, 0.25) is 0 Å². The summed E-state index contributed by atoms with van der Waals surface area (Å²) in [5.41, 5.74) is -0.304. The average molecular weight is 341 g/mol. The van der Waals surface area contributed by atoms with Gasteiger partial charge in [0.05, 0.1) is 22.7 Å². The second-order valence-electron chi connectivity index (χ2n) is 6.90. The molecule has 0 radical (unpaired) electrons. The lowest BCUT2D eigenvalue weighted by atomic mass is 9.86. The van der Waals surface area contributed by atoms with Gasteiger partial charge in [0.15, 0.2) is 0 Å². The van der Waals surface area contributed by atoms with Gasteiger partial charge in [-0.05, 0) is 27.7 Å². The van der Waals surface area contributed by atoms with E-state index in [1.165, 1.54) is 4.90 Å². The number of carbonyl (C=O) groups excluding carboxylic acids is 1. The fourth-order valence-electron chi connectivity index (χ4n) is 2.48. The zero-order valence-electron chi connectivity index (χ0n) is 13.9. The molecule has 0 aliphatic carbocycles. The molecule has 1 aromatic rings. The molecule has 0 unspecified atom stereocenters. The van der Waals surface area contributed by atoms with Gasteiger partial charge in [0.25, 0.3) is 0 Å². The molecule has 1 fully saturated rings. The van der Waals surface area contributed by atoms with Crippen LogP contribution in [0.1, 0.15) is 37.9 Å². The highest BCUT2D eigenvalue weighted by Gasteiger charge is 2.47. The lowest BCUT2D eigenvalue weighted by Crippen LogP contribution is -2.71. The lowest BCUT2D eigenvalue weighted by Gasteiger charge is -2.49. The van der Waals surface area contributed by atoms with Crippen molar-refractivity contribution in [3.05, 3.63) is 16.1 Å². The van der Waals surface area contributed by atoms with E-state index in [0.717, 1.165) is 10.7 Å². The summed E-state index contributed by atoms with van der Waals surface area (Å²) in [6.07, 6.45) is -0.458. The van der Waals surface area contributed by atoms with Crippen LogP contribution in [-0.2, 0) is 16.1 Å². The van der Waals surface area contributed by atoms with E-state index in [2.05, 4.69) is 10.3 Å². The van der Waals surface area contributed by atoms with E-state index >= 15 is 0 Å². The molecule has 1 aromatic heterocycles. The fraction of sp³-hybridized carbons (Fsp3) is 0.667. The SMILES string of the molecule is Cc1nc(CNC2(CC(=O)O)CN(C(=O)OC(C)(C)C)C2)cs1. The number of aliphatic carboxylic acids is 1. The highest BCUT2D eigenvalue weighted by molar-refractivity contribution is 7.09. The van der Waals surface area contributed by atoms with E-state index < -0.39 is 23.2 Å². The van der Waals surface area contributed by atoms with Crippen molar-refractivity contribution >= 4 is 23.4 Å². The second-order valence-corrected chi connectivity index (χ2v) is 7.96. The Bertz CT molecular complexity index is 588. The van der Waals surface area contributed by atoms with Crippen LogP contribution in [0.15, 0.2) is 5.38 Å². The Hall–Kier alpha value is -1.67. The predicted octanol–water partition coefficient (Wildman–Crippen LogP) is 2.01. The highest BCUT2D eigenvalue weighted by atomic mass is 32.1. The molecule has 0 bridgehead atoms. The van der Waals surface area contributed by atoms with Crippen LogP contribution in [0.25, 0.3) is 0 Å². The number of carboxylic acids is 1. The molecule has 0 saturated carbocycles. The van der Waals surface area contributed by atoms with Crippen LogP contribution in [0.5, 0.6) is 0 Å². The van der Waals surface area contributed by atoms with Crippen molar-refractivity contribution in [1.29, 1.82) is 0 Å². The third-order valence-electron chi connectivity index (χ3n) is 3.44. The normalized spacial score (nSPS) is 16.8. The number of thiazole rings is 1. The van der Waals surface area contributed by atoms with Crippen LogP contribution in [0.4, 0.5) is 4.79 Å². The minimum absolute atomic E-state index is 0.0462. The van der Waals surface area contributed by atoms with Gasteiger partial charge >= 0.3 is 12.1 Å². The molecule has 0 atom stereocenters. The molecule has 7 nitrogen and oxygen atoms in total. The summed E-state index contributed by atoms with van der Waals surface area (Å²) in [5.74, 6) is -0.893. The van der Waals surface area contributed by atoms with E-state index in [0.29, 0.717) is 19.6 Å². The van der Waals surface area contributed by atoms with Crippen LogP contribution in [0.2, 0.25) is 0 Å². The van der Waals surface area contributed by atoms with Crippen molar-refractivity contribution in [3.8, 4) is 0 Å². The van der Waals surface area contributed by atoms with Crippen molar-refractivity contribution in [3.63, 3.8) is 0 Å². The van der Waals surface area contributed by atoms with Crippen molar-refractivity contribution in [1.82, 2.24) is 15.2 Å². The number of hydrogen-bond acceptors (Lipinski definition) is 6. The minimum atomic E-state index is -0.893. The number of amides is 1. The van der Waals surface area contributed by atoms with Gasteiger partial charge in [0.1, 0.15) is 5.60 Å². The Morgan fingerprint density at radius 2 is 2.13 bits per heavy atom. The van der Waals surface area contributed by atoms with Crippen molar-refractivity contribution in [2.24, 2.45) is 0 Å². The molecule has 0 aromatic carbocycles. The topological polar surface area (TPSA) is 91.8 Å². The summed E-state index contributed by atoms with van der Waals surface area (Å²) in [6, 6.07) is 0. The zero-order chi connectivity index (χ0) is 17.3. The number of carboxylic acid groups (broad SMARTS) is 1. The molecule has 23 heavy (non-hydrogen) atoms. The smallest absolute Gasteiger partial charge is 0.410 e. The van der Waals surface area contributed by atoms with E-state index in [1.807, 2.05) is 12.3 Å². The second kappa shape index (κ2) is 6.45. The molecule has 2 rings (SSSR count). The third kappa shape index (κ3) is 4.90. The molecule has 2 N–H and O–H groups in total. The number of likely N-dealkylation sites (tertiary alicyclic amines) is 1. The molecule has 1 aliphatic heterocycles. The van der Waals surface area contributed by atoms with Crippen LogP contribution in [0.3, 0.4) is 0 Å². The Labute approximate surface area is 139 Å². The summed E-state index contributed by atoms with van der Waals surface area (Å²) >= 11 is 1.55. The molecule has 0 spiro atoms. The maximum Gasteiger partial charge on any atom is 0.410 e. The van der Waals surface area contributed by atoms with Gasteiger partial charge in [-0.25, -0.2) is 9.78 Å². The first-order valence-electron chi connectivity index (χ1n) is 7.44. The first-order valence-corrected chi connectivity index (χ1v) is 8.32. The van der Waals surface area contributed by atoms with Gasteiger partial charge in [-0.1, -0.05) is 0 Å². The largest absolute Gasteiger partial charge is 0.481 e. The summed E-state index contributed by atoms with van der Waals surface area (Å²) in [5, 5.41) is 15.3. The quantitative estimate of drug-likeness (QED) is 0.851. The average Bonchev–Trinajstić information content (AvgIpc) is 2.75. The van der Waals surface area contributed by atoms with Crippen LogP contribution >= 0.6 is 11.3 Å². The standard InChI is InChI=1S/C15H23N3O4S/c1-10-17-11(7-23-10)6-16-15(5-12(19)20)8-18(9-15)13(21)22-14(2,3)4/h7,16H,5-6,8-9H2,1-4H3,(H,19,20). The van der Waals surface area contributed by atoms with Gasteiger partial charge in [-0.3, -0.25) is 4.79 Å². The highest BCUT2D eigenvalue weighted by Crippen LogP contribution is 2.27. The predicted molar refractivity (Wildman–Crippen MR) is 86.5 cm³/mol. The van der Waals surface area contributed by atoms with Crippen molar-refractivity contribution in [2.45, 2.75) is 51.8 Å². The first kappa shape index (κ1) is 17.7. The van der Waals surface area contributed by atoms with Gasteiger partial charge in [-0.15, -0.1) is 11.3 Å². The molecular weight excluding hydrogens is 318 g/mol. The summed E-state index contributed by atoms with van der Waals surface area (Å²) in [7, 11) is 0. The minimum Gasteiger partial charge on any atom is -0.481 e. The maximum atomic E-state index is 12.0. The van der Waals surface area contributed by atoms with Crippen LogP contribution in [0, 0.1) is 6.92 Å². The molecular formula is C15H23N3O4S. The van der Waals surface area contributed by atoms with E-state index in [1.54, 1.807) is 32.1 Å². The number of aryl methyl sites for hydroxylation is 1. The van der Waals surface area contributed by atoms with E-state index in [-0.39, 0.29) is 6.42 Å². The van der Waals surface area contributed by atoms with Gasteiger partial charge < -0.3 is 20.1 Å². The van der Waals surface area contributed by atoms with Gasteiger partial charge in [-0.2, -0.15) is 0 Å². The van der Waals surface area contributed by atoms with Crippen molar-refractivity contribution < 1.29 is 19.4 Å². The number of nitrogens with one attached hydrogen (secondary N) is 1. The molecule has 128 valence electrons. The monoisotopic (exact) mass is 341 g/mol. The molecule has 8 heteroatoms. The van der Waals surface area contributed by atoms with Crippen LogP contribution in [-0.4, -0.2) is 51.3 Å². The third-order valence-corrected chi connectivity index (χ3v) is 4.26. The van der Waals surface area contributed by atoms with E-state index in [4.69, 9.17) is 9.84 Å². The number of ether oxygens (including phenoxy) is 1. The lowest BCUT2D eigenvalue weighted by molar-refractivity contribution is -0.141. The molecule has 1 aliphatic rings. The Kier molecular flexibility index (Phi) is 4.95. The summed E-state index contributed by atoms with van der Waals surface area (Å²) < 4.78 is 5.31. The Morgan fingerprint density at radius 3 is 2.61 bits per heavy atom. The maximum absolute atomic E-state index is 12.0. The number of hydrogen-bond donors (Lipinski definition) is 2. The molecule has 2 heterocycles. The number of aromatic nitrogens is 1. The Morgan fingerprint density at radius 1 is 1.48 bits per heavy atom. The van der Waals surface area contributed by atoms with E-state index in [9.17, 15) is 9.59 Å². The number of carbonyl (C=O) groups is 2. The summed E-state index contributed by atoms with van der Waals surface area (Å²) in [4.78, 5) is 29.0. The van der Waals surface area contributed by atoms with Crippen molar-refractivity contribution in [2.75, 3.05) is 13.1 Å².